The molecule has 4 aromatic rings. The smallest absolute Gasteiger partial charge is 0.191 e. The van der Waals surface area contributed by atoms with Gasteiger partial charge < -0.3 is 14.7 Å². The third kappa shape index (κ3) is 6.00. The molecule has 0 N–H and O–H groups in total. The molecule has 2 saturated heterocycles. The first kappa shape index (κ1) is 27.5. The second-order valence-corrected chi connectivity index (χ2v) is 12.6. The van der Waals surface area contributed by atoms with Gasteiger partial charge in [-0.2, -0.15) is 0 Å². The van der Waals surface area contributed by atoms with Gasteiger partial charge >= 0.3 is 0 Å². The molecule has 1 aromatic carbocycles. The van der Waals surface area contributed by atoms with E-state index < -0.39 is 0 Å². The molecule has 2 fully saturated rings. The lowest BCUT2D eigenvalue weighted by molar-refractivity contribution is 0.340. The van der Waals surface area contributed by atoms with Gasteiger partial charge in [-0.15, -0.1) is 11.3 Å². The molecule has 2 aliphatic rings. The van der Waals surface area contributed by atoms with E-state index >= 15 is 0 Å². The van der Waals surface area contributed by atoms with Gasteiger partial charge in [0.25, 0.3) is 0 Å². The Morgan fingerprint density at radius 3 is 2.50 bits per heavy atom. The molecule has 7 nitrogen and oxygen atoms in total. The van der Waals surface area contributed by atoms with Crippen LogP contribution < -0.4 is 9.80 Å². The molecule has 0 amide bonds. The summed E-state index contributed by atoms with van der Waals surface area (Å²) in [5, 5.41) is 2.92. The van der Waals surface area contributed by atoms with Gasteiger partial charge in [-0.05, 0) is 81.7 Å². The number of nitrogens with zero attached hydrogens (tertiary/aromatic N) is 7. The zero-order chi connectivity index (χ0) is 27.5. The van der Waals surface area contributed by atoms with Gasteiger partial charge in [-0.3, -0.25) is 4.40 Å². The number of anilines is 3. The summed E-state index contributed by atoms with van der Waals surface area (Å²) in [7, 11) is 2.06. The van der Waals surface area contributed by atoms with Crippen molar-refractivity contribution in [2.75, 3.05) is 68.4 Å². The molecule has 0 saturated carbocycles. The third-order valence-electron chi connectivity index (χ3n) is 7.91. The Morgan fingerprint density at radius 1 is 0.975 bits per heavy atom. The summed E-state index contributed by atoms with van der Waals surface area (Å²) in [4.78, 5) is 17.1. The summed E-state index contributed by atoms with van der Waals surface area (Å²) in [6.07, 6.45) is 7.10. The maximum Gasteiger partial charge on any atom is 0.191 e. The number of imidazole rings is 1. The van der Waals surface area contributed by atoms with E-state index in [4.69, 9.17) is 9.97 Å². The Labute approximate surface area is 244 Å². The molecule has 0 radical (unpaired) electrons. The van der Waals surface area contributed by atoms with Crippen LogP contribution in [0.2, 0.25) is 0 Å². The fraction of sp³-hybridized carbons (Fsp3) is 0.467. The van der Waals surface area contributed by atoms with Crippen molar-refractivity contribution in [3.05, 3.63) is 59.5 Å². The quantitative estimate of drug-likeness (QED) is 0.164. The molecular weight excluding hydrogens is 542 g/mol. The first-order valence-corrected chi connectivity index (χ1v) is 16.2. The lowest BCUT2D eigenvalue weighted by Crippen LogP contribution is -2.43. The van der Waals surface area contributed by atoms with Crippen LogP contribution in [-0.2, 0) is 6.42 Å². The fourth-order valence-corrected chi connectivity index (χ4v) is 7.41. The van der Waals surface area contributed by atoms with Crippen molar-refractivity contribution in [2.45, 2.75) is 32.6 Å². The maximum atomic E-state index is 13.4. The van der Waals surface area contributed by atoms with Crippen LogP contribution >= 0.6 is 23.3 Å². The number of rotatable bonds is 10. The van der Waals surface area contributed by atoms with E-state index in [1.807, 2.05) is 17.3 Å². The fourth-order valence-electron chi connectivity index (χ4n) is 5.67. The average Bonchev–Trinajstić information content (AvgIpc) is 3.75. The number of halogens is 1. The number of benzene rings is 1. The molecule has 0 unspecified atom stereocenters. The van der Waals surface area contributed by atoms with Gasteiger partial charge in [0.2, 0.25) is 0 Å². The first-order chi connectivity index (χ1) is 19.6. The minimum Gasteiger partial charge on any atom is -0.368 e. The Bertz CT molecular complexity index is 1410. The number of fused-ring (bicyclic) bond motifs is 1. The van der Waals surface area contributed by atoms with Gasteiger partial charge in [-0.25, -0.2) is 18.7 Å². The van der Waals surface area contributed by atoms with Crippen LogP contribution in [0.5, 0.6) is 0 Å². The van der Waals surface area contributed by atoms with Gasteiger partial charge in [0.15, 0.2) is 5.13 Å². The number of pyridine rings is 1. The highest BCUT2D eigenvalue weighted by Gasteiger charge is 2.22. The number of piperazine rings is 1. The SMILES string of the molecule is CCc1nc2ccc(N3CCN(SCCCN4CCCC4)CC3)cn2c1N(C)c1nc(-c2ccc(F)cc2)cs1. The van der Waals surface area contributed by atoms with E-state index in [2.05, 4.69) is 55.7 Å². The number of hydrogen-bond acceptors (Lipinski definition) is 8. The van der Waals surface area contributed by atoms with Crippen molar-refractivity contribution < 1.29 is 4.39 Å². The van der Waals surface area contributed by atoms with Crippen LogP contribution in [0.1, 0.15) is 31.9 Å². The van der Waals surface area contributed by atoms with Crippen LogP contribution in [0, 0.1) is 5.82 Å². The predicted molar refractivity (Wildman–Crippen MR) is 167 cm³/mol. The molecule has 40 heavy (non-hydrogen) atoms. The molecule has 212 valence electrons. The Balaban J connectivity index is 1.13. The van der Waals surface area contributed by atoms with Crippen LogP contribution in [0.25, 0.3) is 16.9 Å². The van der Waals surface area contributed by atoms with Crippen LogP contribution in [0.3, 0.4) is 0 Å². The first-order valence-electron chi connectivity index (χ1n) is 14.4. The highest BCUT2D eigenvalue weighted by molar-refractivity contribution is 7.97. The number of likely N-dealkylation sites (tertiary alicyclic amines) is 1. The van der Waals surface area contributed by atoms with Gasteiger partial charge in [0.05, 0.1) is 17.1 Å². The van der Waals surface area contributed by atoms with Crippen LogP contribution in [0.15, 0.2) is 48.0 Å². The standard InChI is InChI=1S/C30H38FN7S2/c1-3-26-29(34(2)30-33-27(22-39-30)23-7-9-24(31)10-8-23)38-21-25(11-12-28(38)32-26)36-16-18-37(19-17-36)40-20-6-15-35-13-4-5-14-35/h7-12,21-22H,3-6,13-20H2,1-2H3. The second-order valence-electron chi connectivity index (χ2n) is 10.6. The molecule has 3 aromatic heterocycles. The van der Waals surface area contributed by atoms with Gasteiger partial charge in [-0.1, -0.05) is 18.9 Å². The van der Waals surface area contributed by atoms with Gasteiger partial charge in [0, 0.05) is 56.1 Å². The zero-order valence-corrected chi connectivity index (χ0v) is 25.1. The minimum atomic E-state index is -0.237. The van der Waals surface area contributed by atoms with E-state index in [1.54, 1.807) is 23.5 Å². The number of aromatic nitrogens is 3. The van der Waals surface area contributed by atoms with Gasteiger partial charge in [0.1, 0.15) is 17.3 Å². The van der Waals surface area contributed by atoms with Crippen molar-refractivity contribution >= 4 is 45.6 Å². The van der Waals surface area contributed by atoms with Crippen LogP contribution in [-0.4, -0.2) is 82.2 Å². The van der Waals surface area contributed by atoms with Crippen molar-refractivity contribution in [1.82, 2.24) is 23.6 Å². The average molecular weight is 580 g/mol. The Morgan fingerprint density at radius 2 is 1.75 bits per heavy atom. The summed E-state index contributed by atoms with van der Waals surface area (Å²) >= 11 is 3.61. The molecule has 0 atom stereocenters. The molecule has 0 bridgehead atoms. The lowest BCUT2D eigenvalue weighted by Gasteiger charge is -2.35. The van der Waals surface area contributed by atoms with E-state index in [9.17, 15) is 4.39 Å². The van der Waals surface area contributed by atoms with E-state index in [-0.39, 0.29) is 5.82 Å². The molecule has 5 heterocycles. The Kier molecular flexibility index (Phi) is 8.57. The summed E-state index contributed by atoms with van der Waals surface area (Å²) in [5.74, 6) is 2.03. The summed E-state index contributed by atoms with van der Waals surface area (Å²) < 4.78 is 18.2. The van der Waals surface area contributed by atoms with E-state index in [0.717, 1.165) is 66.1 Å². The highest BCUT2D eigenvalue weighted by Crippen LogP contribution is 2.34. The largest absolute Gasteiger partial charge is 0.368 e. The summed E-state index contributed by atoms with van der Waals surface area (Å²) in [6.45, 7) is 10.2. The zero-order valence-electron chi connectivity index (χ0n) is 23.4. The molecule has 0 aliphatic carbocycles. The molecule has 10 heteroatoms. The van der Waals surface area contributed by atoms with E-state index in [1.165, 1.54) is 62.5 Å². The minimum absolute atomic E-state index is 0.237. The van der Waals surface area contributed by atoms with Crippen LogP contribution in [0.4, 0.5) is 21.0 Å². The molecule has 2 aliphatic heterocycles. The normalized spacial score (nSPS) is 16.8. The van der Waals surface area contributed by atoms with Crippen molar-refractivity contribution in [1.29, 1.82) is 0 Å². The van der Waals surface area contributed by atoms with Crippen molar-refractivity contribution in [2.24, 2.45) is 0 Å². The van der Waals surface area contributed by atoms with E-state index in [0.29, 0.717) is 0 Å². The second kappa shape index (κ2) is 12.5. The lowest BCUT2D eigenvalue weighted by atomic mass is 10.2. The monoisotopic (exact) mass is 579 g/mol. The summed E-state index contributed by atoms with van der Waals surface area (Å²) in [6, 6.07) is 10.9. The number of hydrogen-bond donors (Lipinski definition) is 0. The van der Waals surface area contributed by atoms with Crippen molar-refractivity contribution in [3.63, 3.8) is 0 Å². The third-order valence-corrected chi connectivity index (χ3v) is 10.0. The highest BCUT2D eigenvalue weighted by atomic mass is 32.2. The molecular formula is C30H38FN7S2. The topological polar surface area (TPSA) is 43.2 Å². The molecule has 0 spiro atoms. The molecule has 6 rings (SSSR count). The Hall–Kier alpha value is -2.66. The summed E-state index contributed by atoms with van der Waals surface area (Å²) in [5.41, 5.74) is 4.99. The number of thiazole rings is 1. The van der Waals surface area contributed by atoms with Crippen molar-refractivity contribution in [3.8, 4) is 11.3 Å². The maximum absolute atomic E-state index is 13.4. The number of aryl methyl sites for hydroxylation is 1. The predicted octanol–water partition coefficient (Wildman–Crippen LogP) is 6.18.